The smallest absolute Gasteiger partial charge is 0.337 e. The second-order valence-corrected chi connectivity index (χ2v) is 5.50. The van der Waals surface area contributed by atoms with E-state index in [1.54, 1.807) is 19.1 Å². The third-order valence-corrected chi connectivity index (χ3v) is 3.49. The number of rotatable bonds is 7. The molecule has 0 aliphatic heterocycles. The van der Waals surface area contributed by atoms with Crippen LogP contribution in [0.4, 0.5) is 0 Å². The summed E-state index contributed by atoms with van der Waals surface area (Å²) in [6, 6.07) is 9.04. The van der Waals surface area contributed by atoms with Crippen LogP contribution in [0.2, 0.25) is 0 Å². The largest absolute Gasteiger partial charge is 0.464 e. The summed E-state index contributed by atoms with van der Waals surface area (Å²) < 4.78 is 5.04. The third kappa shape index (κ3) is 4.51. The monoisotopic (exact) mass is 284 g/mol. The van der Waals surface area contributed by atoms with Crippen molar-refractivity contribution in [1.29, 1.82) is 0 Å². The lowest BCUT2D eigenvalue weighted by atomic mass is 9.94. The number of carbonyl (C=O) groups excluding carboxylic acids is 1. The van der Waals surface area contributed by atoms with Crippen LogP contribution in [0.1, 0.15) is 38.7 Å². The molecule has 1 N–H and O–H groups in total. The Morgan fingerprint density at radius 3 is 2.58 bits per heavy atom. The van der Waals surface area contributed by atoms with E-state index in [-0.39, 0.29) is 0 Å². The lowest BCUT2D eigenvalue weighted by Crippen LogP contribution is -2.39. The van der Waals surface area contributed by atoms with Crippen molar-refractivity contribution in [3.63, 3.8) is 0 Å². The second-order valence-electron chi connectivity index (χ2n) is 4.72. The Bertz CT molecular complexity index is 390. The first-order valence-corrected chi connectivity index (χ1v) is 6.97. The first-order chi connectivity index (χ1) is 9.00. The molecular formula is C15H21ClO3. The minimum Gasteiger partial charge on any atom is -0.464 e. The summed E-state index contributed by atoms with van der Waals surface area (Å²) in [6.45, 7) is 4.01. The summed E-state index contributed by atoms with van der Waals surface area (Å²) in [5.41, 5.74) is 0.690. The van der Waals surface area contributed by atoms with Crippen LogP contribution >= 0.6 is 11.6 Å². The molecule has 1 rings (SSSR count). The minimum absolute atomic E-state index is 0.325. The summed E-state index contributed by atoms with van der Waals surface area (Å²) in [7, 11) is 0. The molecule has 0 radical (unpaired) electrons. The van der Waals surface area contributed by atoms with Gasteiger partial charge in [0, 0.05) is 0 Å². The molecule has 0 aliphatic rings. The van der Waals surface area contributed by atoms with E-state index in [2.05, 4.69) is 6.92 Å². The van der Waals surface area contributed by atoms with Gasteiger partial charge in [-0.25, -0.2) is 4.79 Å². The van der Waals surface area contributed by atoms with Gasteiger partial charge in [-0.2, -0.15) is 0 Å². The van der Waals surface area contributed by atoms with Crippen molar-refractivity contribution < 1.29 is 14.6 Å². The Balaban J connectivity index is 2.60. The van der Waals surface area contributed by atoms with Crippen molar-refractivity contribution in [2.45, 2.75) is 44.1 Å². The average Bonchev–Trinajstić information content (AvgIpc) is 2.43. The number of hydrogen-bond acceptors (Lipinski definition) is 3. The van der Waals surface area contributed by atoms with Crippen LogP contribution in [0.25, 0.3) is 0 Å². The van der Waals surface area contributed by atoms with Gasteiger partial charge in [0.15, 0.2) is 6.10 Å². The van der Waals surface area contributed by atoms with Crippen LogP contribution in [0.3, 0.4) is 0 Å². The summed E-state index contributed by atoms with van der Waals surface area (Å²) in [4.78, 5) is 10.6. The molecule has 0 unspecified atom stereocenters. The number of alkyl halides is 1. The van der Waals surface area contributed by atoms with Gasteiger partial charge in [0.05, 0.1) is 6.61 Å². The molecule has 0 fully saturated rings. The maximum Gasteiger partial charge on any atom is 0.337 e. The molecule has 4 heteroatoms. The molecule has 1 aromatic rings. The zero-order valence-corrected chi connectivity index (χ0v) is 12.2. The number of benzene rings is 1. The molecule has 0 heterocycles. The van der Waals surface area contributed by atoms with E-state index in [1.165, 1.54) is 0 Å². The van der Waals surface area contributed by atoms with Gasteiger partial charge in [-0.3, -0.25) is 0 Å². The molecule has 0 saturated carbocycles. The van der Waals surface area contributed by atoms with Gasteiger partial charge >= 0.3 is 5.97 Å². The fraction of sp³-hybridized carbons (Fsp3) is 0.533. The van der Waals surface area contributed by atoms with Crippen LogP contribution < -0.4 is 0 Å². The number of esters is 1. The van der Waals surface area contributed by atoms with E-state index < -0.39 is 16.9 Å². The first kappa shape index (κ1) is 16.0. The highest BCUT2D eigenvalue weighted by molar-refractivity contribution is 6.25. The minimum atomic E-state index is -1.38. The normalized spacial score (nSPS) is 15.6. The number of carbonyl (C=O) groups is 1. The fourth-order valence-corrected chi connectivity index (χ4v) is 1.96. The van der Waals surface area contributed by atoms with E-state index >= 15 is 0 Å². The van der Waals surface area contributed by atoms with Crippen LogP contribution in [-0.2, 0) is 14.4 Å². The van der Waals surface area contributed by atoms with Gasteiger partial charge in [0.1, 0.15) is 4.87 Å². The zero-order valence-electron chi connectivity index (χ0n) is 11.4. The van der Waals surface area contributed by atoms with Gasteiger partial charge in [0.25, 0.3) is 0 Å². The van der Waals surface area contributed by atoms with E-state index in [0.717, 1.165) is 19.3 Å². The van der Waals surface area contributed by atoms with Gasteiger partial charge in [-0.15, -0.1) is 11.6 Å². The summed E-state index contributed by atoms with van der Waals surface area (Å²) in [6.07, 6.45) is 1.48. The van der Waals surface area contributed by atoms with Gasteiger partial charge in [0.2, 0.25) is 0 Å². The summed E-state index contributed by atoms with van der Waals surface area (Å²) >= 11 is 6.30. The van der Waals surface area contributed by atoms with Crippen molar-refractivity contribution in [3.8, 4) is 0 Å². The quantitative estimate of drug-likeness (QED) is 0.475. The highest BCUT2D eigenvalue weighted by Crippen LogP contribution is 2.32. The topological polar surface area (TPSA) is 46.5 Å². The van der Waals surface area contributed by atoms with Crippen LogP contribution in [-0.4, -0.2) is 23.8 Å². The lowest BCUT2D eigenvalue weighted by molar-refractivity contribution is -0.155. The third-order valence-electron chi connectivity index (χ3n) is 3.07. The highest BCUT2D eigenvalue weighted by atomic mass is 35.5. The van der Waals surface area contributed by atoms with Gasteiger partial charge < -0.3 is 9.84 Å². The van der Waals surface area contributed by atoms with E-state index in [1.807, 2.05) is 18.2 Å². The lowest BCUT2D eigenvalue weighted by Gasteiger charge is -2.27. The van der Waals surface area contributed by atoms with Gasteiger partial charge in [-0.1, -0.05) is 50.1 Å². The van der Waals surface area contributed by atoms with Crippen LogP contribution in [0, 0.1) is 0 Å². The molecule has 0 amide bonds. The fourth-order valence-electron chi connectivity index (χ4n) is 1.75. The summed E-state index contributed by atoms with van der Waals surface area (Å²) in [5, 5.41) is 10.0. The zero-order chi connectivity index (χ0) is 14.3. The maximum absolute atomic E-state index is 11.8. The van der Waals surface area contributed by atoms with E-state index in [9.17, 15) is 9.90 Å². The second kappa shape index (κ2) is 7.51. The standard InChI is InChI=1S/C15H21ClO3/c1-3-4-8-11-19-14(18)13(17)15(2,16)12-9-6-5-7-10-12/h5-7,9-10,13,17H,3-4,8,11H2,1-2H3/t13-,15-/m1/s1. The molecule has 106 valence electrons. The predicted molar refractivity (Wildman–Crippen MR) is 76.1 cm³/mol. The Hall–Kier alpha value is -1.06. The molecule has 1 aromatic carbocycles. The Morgan fingerprint density at radius 2 is 2.00 bits per heavy atom. The molecule has 0 aromatic heterocycles. The Morgan fingerprint density at radius 1 is 1.37 bits per heavy atom. The number of halogens is 1. The van der Waals surface area contributed by atoms with Crippen molar-refractivity contribution >= 4 is 17.6 Å². The summed E-state index contributed by atoms with van der Waals surface area (Å²) in [5.74, 6) is -0.669. The molecule has 0 bridgehead atoms. The predicted octanol–water partition coefficient (Wildman–Crippen LogP) is 3.23. The Kier molecular flexibility index (Phi) is 6.32. The first-order valence-electron chi connectivity index (χ1n) is 6.59. The number of hydrogen-bond donors (Lipinski definition) is 1. The molecule has 19 heavy (non-hydrogen) atoms. The molecule has 3 nitrogen and oxygen atoms in total. The van der Waals surface area contributed by atoms with Crippen molar-refractivity contribution in [2.75, 3.05) is 6.61 Å². The molecular weight excluding hydrogens is 264 g/mol. The number of aliphatic hydroxyl groups is 1. The van der Waals surface area contributed by atoms with Crippen LogP contribution in [0.15, 0.2) is 30.3 Å². The van der Waals surface area contributed by atoms with E-state index in [0.29, 0.717) is 12.2 Å². The van der Waals surface area contributed by atoms with Crippen LogP contribution in [0.5, 0.6) is 0 Å². The number of unbranched alkanes of at least 4 members (excludes halogenated alkanes) is 2. The maximum atomic E-state index is 11.8. The molecule has 0 aliphatic carbocycles. The highest BCUT2D eigenvalue weighted by Gasteiger charge is 2.38. The number of ether oxygens (including phenoxy) is 1. The average molecular weight is 285 g/mol. The van der Waals surface area contributed by atoms with Gasteiger partial charge in [-0.05, 0) is 18.9 Å². The van der Waals surface area contributed by atoms with E-state index in [4.69, 9.17) is 16.3 Å². The molecule has 0 saturated heterocycles. The molecule has 2 atom stereocenters. The SMILES string of the molecule is CCCCCOC(=O)[C@@H](O)[C@](C)(Cl)c1ccccc1. The molecule has 0 spiro atoms. The van der Waals surface area contributed by atoms with Crippen molar-refractivity contribution in [3.05, 3.63) is 35.9 Å². The van der Waals surface area contributed by atoms with Crippen molar-refractivity contribution in [2.24, 2.45) is 0 Å². The number of aliphatic hydroxyl groups excluding tert-OH is 1. The Labute approximate surface area is 119 Å². The van der Waals surface area contributed by atoms with Crippen molar-refractivity contribution in [1.82, 2.24) is 0 Å².